The van der Waals surface area contributed by atoms with Crippen molar-refractivity contribution in [3.05, 3.63) is 35.4 Å². The summed E-state index contributed by atoms with van der Waals surface area (Å²) in [6.07, 6.45) is 2.19. The number of aliphatic hydroxyl groups is 1. The maximum absolute atomic E-state index is 11.7. The molecule has 0 aliphatic heterocycles. The van der Waals surface area contributed by atoms with Crippen LogP contribution in [0.25, 0.3) is 10.6 Å². The molecule has 0 aromatic carbocycles. The van der Waals surface area contributed by atoms with Gasteiger partial charge in [-0.15, -0.1) is 11.3 Å². The Morgan fingerprint density at radius 1 is 1.40 bits per heavy atom. The molecular formula is C13H15NO4S2. The van der Waals surface area contributed by atoms with E-state index in [1.165, 1.54) is 11.3 Å². The van der Waals surface area contributed by atoms with Crippen molar-refractivity contribution in [2.45, 2.75) is 24.2 Å². The van der Waals surface area contributed by atoms with Crippen molar-refractivity contribution in [3.63, 3.8) is 0 Å². The Bertz CT molecular complexity index is 671. The highest BCUT2D eigenvalue weighted by Gasteiger charge is 2.35. The van der Waals surface area contributed by atoms with Crippen molar-refractivity contribution < 1.29 is 17.9 Å². The number of aliphatic hydroxyl groups excluding tert-OH is 1. The molecular weight excluding hydrogens is 298 g/mol. The van der Waals surface area contributed by atoms with Crippen LogP contribution in [0.1, 0.15) is 23.8 Å². The van der Waals surface area contributed by atoms with E-state index in [0.717, 1.165) is 15.5 Å². The van der Waals surface area contributed by atoms with Crippen molar-refractivity contribution in [2.24, 2.45) is 0 Å². The van der Waals surface area contributed by atoms with Gasteiger partial charge >= 0.3 is 0 Å². The van der Waals surface area contributed by atoms with E-state index in [1.807, 2.05) is 12.1 Å². The molecule has 1 aliphatic rings. The van der Waals surface area contributed by atoms with Gasteiger partial charge in [-0.25, -0.2) is 13.1 Å². The number of hydrogen-bond acceptors (Lipinski definition) is 5. The Balaban J connectivity index is 1.64. The van der Waals surface area contributed by atoms with Gasteiger partial charge in [0, 0.05) is 11.4 Å². The highest BCUT2D eigenvalue weighted by atomic mass is 32.2. The molecule has 0 radical (unpaired) electrons. The summed E-state index contributed by atoms with van der Waals surface area (Å²) in [6.45, 7) is 0.0109. The van der Waals surface area contributed by atoms with Crippen LogP contribution in [0.5, 0.6) is 0 Å². The lowest BCUT2D eigenvalue weighted by atomic mass is 10.3. The quantitative estimate of drug-likeness (QED) is 0.856. The SMILES string of the molecule is O=S(=O)(NCC(O)c1ccc(-c2ccco2)s1)C1CC1. The van der Waals surface area contributed by atoms with Gasteiger partial charge in [0.1, 0.15) is 11.9 Å². The summed E-state index contributed by atoms with van der Waals surface area (Å²) in [5.41, 5.74) is 0. The summed E-state index contributed by atoms with van der Waals surface area (Å²) in [6, 6.07) is 7.29. The van der Waals surface area contributed by atoms with E-state index in [4.69, 9.17) is 4.42 Å². The highest BCUT2D eigenvalue weighted by Crippen LogP contribution is 2.32. The lowest BCUT2D eigenvalue weighted by molar-refractivity contribution is 0.185. The van der Waals surface area contributed by atoms with E-state index in [-0.39, 0.29) is 11.8 Å². The zero-order valence-corrected chi connectivity index (χ0v) is 12.3. The molecule has 2 aromatic rings. The van der Waals surface area contributed by atoms with Crippen LogP contribution >= 0.6 is 11.3 Å². The Morgan fingerprint density at radius 2 is 2.20 bits per heavy atom. The molecule has 2 heterocycles. The molecule has 20 heavy (non-hydrogen) atoms. The first-order chi connectivity index (χ1) is 9.56. The van der Waals surface area contributed by atoms with Gasteiger partial charge in [-0.2, -0.15) is 0 Å². The molecule has 2 N–H and O–H groups in total. The zero-order chi connectivity index (χ0) is 14.2. The Kier molecular flexibility index (Phi) is 3.68. The number of hydrogen-bond donors (Lipinski definition) is 2. The van der Waals surface area contributed by atoms with Crippen LogP contribution in [0, 0.1) is 0 Å². The smallest absolute Gasteiger partial charge is 0.214 e. The van der Waals surface area contributed by atoms with Gasteiger partial charge in [-0.05, 0) is 37.1 Å². The second-order valence-corrected chi connectivity index (χ2v) is 7.95. The third kappa shape index (κ3) is 2.95. The predicted molar refractivity (Wildman–Crippen MR) is 76.9 cm³/mol. The Labute approximate surface area is 121 Å². The van der Waals surface area contributed by atoms with Crippen LogP contribution in [0.3, 0.4) is 0 Å². The molecule has 7 heteroatoms. The number of furan rings is 1. The molecule has 1 atom stereocenters. The van der Waals surface area contributed by atoms with Gasteiger partial charge in [0.25, 0.3) is 0 Å². The number of rotatable bonds is 6. The van der Waals surface area contributed by atoms with Crippen LogP contribution in [-0.4, -0.2) is 25.3 Å². The largest absolute Gasteiger partial charge is 0.464 e. The molecule has 0 spiro atoms. The van der Waals surface area contributed by atoms with Gasteiger partial charge in [0.15, 0.2) is 0 Å². The molecule has 0 saturated heterocycles. The van der Waals surface area contributed by atoms with Crippen LogP contribution in [0.2, 0.25) is 0 Å². The van der Waals surface area contributed by atoms with Crippen molar-refractivity contribution in [2.75, 3.05) is 6.54 Å². The maximum atomic E-state index is 11.7. The van der Waals surface area contributed by atoms with E-state index in [0.29, 0.717) is 12.8 Å². The van der Waals surface area contributed by atoms with Crippen molar-refractivity contribution in [1.82, 2.24) is 4.72 Å². The van der Waals surface area contributed by atoms with Gasteiger partial charge in [0.2, 0.25) is 10.0 Å². The molecule has 2 aromatic heterocycles. The molecule has 3 rings (SSSR count). The summed E-state index contributed by atoms with van der Waals surface area (Å²) in [4.78, 5) is 1.63. The highest BCUT2D eigenvalue weighted by molar-refractivity contribution is 7.90. The molecule has 0 bridgehead atoms. The van der Waals surface area contributed by atoms with Crippen LogP contribution in [-0.2, 0) is 10.0 Å². The van der Waals surface area contributed by atoms with E-state index < -0.39 is 16.1 Å². The summed E-state index contributed by atoms with van der Waals surface area (Å²) >= 11 is 1.39. The van der Waals surface area contributed by atoms with E-state index >= 15 is 0 Å². The first-order valence-electron chi connectivity index (χ1n) is 6.36. The number of sulfonamides is 1. The minimum Gasteiger partial charge on any atom is -0.464 e. The average Bonchev–Trinajstić information content (AvgIpc) is 2.96. The predicted octanol–water partition coefficient (Wildman–Crippen LogP) is 2.12. The van der Waals surface area contributed by atoms with Crippen molar-refractivity contribution >= 4 is 21.4 Å². The normalized spacial score (nSPS) is 17.2. The summed E-state index contributed by atoms with van der Waals surface area (Å²) in [5.74, 6) is 0.743. The minimum absolute atomic E-state index is 0.0109. The number of nitrogens with one attached hydrogen (secondary N) is 1. The molecule has 1 fully saturated rings. The third-order valence-electron chi connectivity index (χ3n) is 3.16. The second-order valence-electron chi connectivity index (χ2n) is 4.79. The monoisotopic (exact) mass is 313 g/mol. The Morgan fingerprint density at radius 3 is 2.85 bits per heavy atom. The third-order valence-corrected chi connectivity index (χ3v) is 6.28. The van der Waals surface area contributed by atoms with Gasteiger partial charge in [-0.1, -0.05) is 0 Å². The van der Waals surface area contributed by atoms with Crippen LogP contribution in [0.4, 0.5) is 0 Å². The van der Waals surface area contributed by atoms with E-state index in [9.17, 15) is 13.5 Å². The molecule has 1 unspecified atom stereocenters. The standard InChI is InChI=1S/C13H15NO4S2/c15-10(8-14-20(16,17)9-3-4-9)12-5-6-13(19-12)11-2-1-7-18-11/h1-2,5-7,9-10,14-15H,3-4,8H2. The Hall–Kier alpha value is -1.15. The fourth-order valence-corrected chi connectivity index (χ4v) is 4.22. The summed E-state index contributed by atoms with van der Waals surface area (Å²) < 4.78 is 31.1. The number of thiophene rings is 1. The molecule has 0 amide bonds. The lowest BCUT2D eigenvalue weighted by Crippen LogP contribution is -2.31. The fraction of sp³-hybridized carbons (Fsp3) is 0.385. The van der Waals surface area contributed by atoms with Crippen molar-refractivity contribution in [1.29, 1.82) is 0 Å². The second kappa shape index (κ2) is 5.33. The van der Waals surface area contributed by atoms with Crippen molar-refractivity contribution in [3.8, 4) is 10.6 Å². The molecule has 1 saturated carbocycles. The van der Waals surface area contributed by atoms with Gasteiger partial charge in [-0.3, -0.25) is 0 Å². The summed E-state index contributed by atoms with van der Waals surface area (Å²) in [7, 11) is -3.25. The van der Waals surface area contributed by atoms with Crippen LogP contribution < -0.4 is 4.72 Å². The van der Waals surface area contributed by atoms with Gasteiger partial charge in [0.05, 0.1) is 16.4 Å². The molecule has 1 aliphatic carbocycles. The maximum Gasteiger partial charge on any atom is 0.214 e. The fourth-order valence-electron chi connectivity index (χ4n) is 1.87. The first-order valence-corrected chi connectivity index (χ1v) is 8.73. The lowest BCUT2D eigenvalue weighted by Gasteiger charge is -2.10. The minimum atomic E-state index is -3.25. The average molecular weight is 313 g/mol. The van der Waals surface area contributed by atoms with Crippen LogP contribution in [0.15, 0.2) is 34.9 Å². The summed E-state index contributed by atoms with van der Waals surface area (Å²) in [5, 5.41) is 9.78. The first kappa shape index (κ1) is 13.8. The molecule has 5 nitrogen and oxygen atoms in total. The van der Waals surface area contributed by atoms with Gasteiger partial charge < -0.3 is 9.52 Å². The van der Waals surface area contributed by atoms with E-state index in [2.05, 4.69) is 4.72 Å². The molecule has 108 valence electrons. The zero-order valence-electron chi connectivity index (χ0n) is 10.7. The van der Waals surface area contributed by atoms with E-state index in [1.54, 1.807) is 18.4 Å². The topological polar surface area (TPSA) is 79.5 Å².